The second-order valence-electron chi connectivity index (χ2n) is 4.43. The highest BCUT2D eigenvalue weighted by atomic mass is 16.6. The number of non-ortho nitro benzene ring substituents is 1. The summed E-state index contributed by atoms with van der Waals surface area (Å²) in [4.78, 5) is 21.8. The lowest BCUT2D eigenvalue weighted by molar-refractivity contribution is -0.385. The molecule has 0 spiro atoms. The third kappa shape index (κ3) is 2.00. The first kappa shape index (κ1) is 13.2. The van der Waals surface area contributed by atoms with E-state index in [0.29, 0.717) is 11.1 Å². The SMILES string of the molecule is COC(=O)C(C)C1(O)C=Cc2ccc([N+](=O)[O-])cc21. The van der Waals surface area contributed by atoms with Crippen molar-refractivity contribution in [2.75, 3.05) is 7.11 Å². The molecule has 2 unspecified atom stereocenters. The molecular weight excluding hydrogens is 250 g/mol. The summed E-state index contributed by atoms with van der Waals surface area (Å²) >= 11 is 0. The maximum atomic E-state index is 11.6. The molecule has 1 aliphatic rings. The van der Waals surface area contributed by atoms with Crippen LogP contribution in [-0.2, 0) is 15.1 Å². The smallest absolute Gasteiger partial charge is 0.312 e. The summed E-state index contributed by atoms with van der Waals surface area (Å²) in [6, 6.07) is 4.19. The van der Waals surface area contributed by atoms with Crippen LogP contribution in [0.2, 0.25) is 0 Å². The minimum Gasteiger partial charge on any atom is -0.469 e. The van der Waals surface area contributed by atoms with Crippen molar-refractivity contribution in [3.8, 4) is 0 Å². The molecule has 1 aromatic carbocycles. The van der Waals surface area contributed by atoms with Crippen molar-refractivity contribution in [3.05, 3.63) is 45.5 Å². The van der Waals surface area contributed by atoms with Crippen LogP contribution in [0.3, 0.4) is 0 Å². The Morgan fingerprint density at radius 2 is 2.21 bits per heavy atom. The molecule has 0 bridgehead atoms. The number of hydrogen-bond acceptors (Lipinski definition) is 5. The third-order valence-corrected chi connectivity index (χ3v) is 3.41. The lowest BCUT2D eigenvalue weighted by Gasteiger charge is -2.27. The van der Waals surface area contributed by atoms with Crippen molar-refractivity contribution in [1.29, 1.82) is 0 Å². The summed E-state index contributed by atoms with van der Waals surface area (Å²) in [5.74, 6) is -1.43. The fourth-order valence-electron chi connectivity index (χ4n) is 2.19. The molecule has 0 heterocycles. The zero-order chi connectivity index (χ0) is 14.2. The molecule has 0 fully saturated rings. The normalized spacial score (nSPS) is 21.8. The number of methoxy groups -OCH3 is 1. The zero-order valence-electron chi connectivity index (χ0n) is 10.5. The number of aliphatic hydroxyl groups is 1. The van der Waals surface area contributed by atoms with Gasteiger partial charge in [0.05, 0.1) is 18.0 Å². The van der Waals surface area contributed by atoms with Crippen LogP contribution in [0.1, 0.15) is 18.1 Å². The Morgan fingerprint density at radius 3 is 2.79 bits per heavy atom. The molecule has 1 aromatic rings. The summed E-state index contributed by atoms with van der Waals surface area (Å²) in [6.45, 7) is 1.52. The summed E-state index contributed by atoms with van der Waals surface area (Å²) in [6.07, 6.45) is 3.10. The van der Waals surface area contributed by atoms with Gasteiger partial charge in [0, 0.05) is 17.7 Å². The van der Waals surface area contributed by atoms with Crippen LogP contribution >= 0.6 is 0 Å². The van der Waals surface area contributed by atoms with Crippen LogP contribution in [-0.4, -0.2) is 23.1 Å². The number of nitro groups is 1. The van der Waals surface area contributed by atoms with Crippen molar-refractivity contribution < 1.29 is 19.6 Å². The van der Waals surface area contributed by atoms with Crippen LogP contribution in [0.25, 0.3) is 6.08 Å². The molecule has 6 heteroatoms. The number of carbonyl (C=O) groups is 1. The number of ether oxygens (including phenoxy) is 1. The zero-order valence-corrected chi connectivity index (χ0v) is 10.5. The molecule has 0 amide bonds. The lowest BCUT2D eigenvalue weighted by Crippen LogP contribution is -2.36. The van der Waals surface area contributed by atoms with Gasteiger partial charge in [-0.3, -0.25) is 14.9 Å². The van der Waals surface area contributed by atoms with Gasteiger partial charge in [0.2, 0.25) is 0 Å². The van der Waals surface area contributed by atoms with Crippen molar-refractivity contribution in [1.82, 2.24) is 0 Å². The quantitative estimate of drug-likeness (QED) is 0.508. The van der Waals surface area contributed by atoms with E-state index in [2.05, 4.69) is 4.74 Å². The summed E-state index contributed by atoms with van der Waals surface area (Å²) in [5.41, 5.74) is -0.699. The second-order valence-corrected chi connectivity index (χ2v) is 4.43. The van der Waals surface area contributed by atoms with Crippen LogP contribution in [0.5, 0.6) is 0 Å². The lowest BCUT2D eigenvalue weighted by atomic mass is 9.84. The monoisotopic (exact) mass is 263 g/mol. The minimum absolute atomic E-state index is 0.127. The Morgan fingerprint density at radius 1 is 1.53 bits per heavy atom. The molecule has 100 valence electrons. The van der Waals surface area contributed by atoms with Gasteiger partial charge < -0.3 is 9.84 Å². The Hall–Kier alpha value is -2.21. The molecule has 1 aliphatic carbocycles. The third-order valence-electron chi connectivity index (χ3n) is 3.41. The van der Waals surface area contributed by atoms with Gasteiger partial charge in [-0.1, -0.05) is 6.08 Å². The first-order valence-corrected chi connectivity index (χ1v) is 5.68. The summed E-state index contributed by atoms with van der Waals surface area (Å²) in [5, 5.41) is 21.4. The number of carbonyl (C=O) groups excluding carboxylic acids is 1. The highest BCUT2D eigenvalue weighted by molar-refractivity contribution is 5.77. The Labute approximate surface area is 109 Å². The maximum Gasteiger partial charge on any atom is 0.312 e. The maximum absolute atomic E-state index is 11.6. The largest absolute Gasteiger partial charge is 0.469 e. The van der Waals surface area contributed by atoms with Crippen LogP contribution < -0.4 is 0 Å². The fourth-order valence-corrected chi connectivity index (χ4v) is 2.19. The van der Waals surface area contributed by atoms with Crippen molar-refractivity contribution >= 4 is 17.7 Å². The molecule has 2 atom stereocenters. The number of esters is 1. The van der Waals surface area contributed by atoms with Crippen LogP contribution in [0.15, 0.2) is 24.3 Å². The van der Waals surface area contributed by atoms with E-state index in [1.807, 2.05) is 0 Å². The van der Waals surface area contributed by atoms with E-state index in [1.165, 1.54) is 32.2 Å². The molecule has 0 aliphatic heterocycles. The molecule has 2 rings (SSSR count). The summed E-state index contributed by atoms with van der Waals surface area (Å²) < 4.78 is 4.62. The number of hydrogen-bond donors (Lipinski definition) is 1. The topological polar surface area (TPSA) is 89.7 Å². The molecule has 0 radical (unpaired) electrons. The van der Waals surface area contributed by atoms with Gasteiger partial charge in [0.25, 0.3) is 5.69 Å². The van der Waals surface area contributed by atoms with E-state index < -0.39 is 22.4 Å². The highest BCUT2D eigenvalue weighted by Gasteiger charge is 2.43. The number of benzene rings is 1. The standard InChI is InChI=1S/C13H13NO5/c1-8(12(15)19-2)13(16)6-5-9-3-4-10(14(17)18)7-11(9)13/h3-8,16H,1-2H3. The first-order valence-electron chi connectivity index (χ1n) is 5.68. The number of nitro benzene ring substituents is 1. The Bertz CT molecular complexity index is 580. The molecule has 6 nitrogen and oxygen atoms in total. The van der Waals surface area contributed by atoms with E-state index in [9.17, 15) is 20.0 Å². The van der Waals surface area contributed by atoms with Gasteiger partial charge in [0.1, 0.15) is 5.60 Å². The Balaban J connectivity index is 2.49. The van der Waals surface area contributed by atoms with Crippen molar-refractivity contribution in [3.63, 3.8) is 0 Å². The molecule has 1 N–H and O–H groups in total. The molecular formula is C13H13NO5. The highest BCUT2D eigenvalue weighted by Crippen LogP contribution is 2.41. The van der Waals surface area contributed by atoms with Crippen LogP contribution in [0, 0.1) is 16.0 Å². The number of fused-ring (bicyclic) bond motifs is 1. The van der Waals surface area contributed by atoms with Crippen molar-refractivity contribution in [2.24, 2.45) is 5.92 Å². The van der Waals surface area contributed by atoms with E-state index >= 15 is 0 Å². The summed E-state index contributed by atoms with van der Waals surface area (Å²) in [7, 11) is 1.23. The molecule has 0 saturated heterocycles. The van der Waals surface area contributed by atoms with Crippen molar-refractivity contribution in [2.45, 2.75) is 12.5 Å². The van der Waals surface area contributed by atoms with E-state index in [4.69, 9.17) is 0 Å². The van der Waals surface area contributed by atoms with Gasteiger partial charge in [-0.15, -0.1) is 0 Å². The van der Waals surface area contributed by atoms with Crippen LogP contribution in [0.4, 0.5) is 5.69 Å². The van der Waals surface area contributed by atoms with E-state index in [-0.39, 0.29) is 5.69 Å². The average Bonchev–Trinajstić information content (AvgIpc) is 2.75. The Kier molecular flexibility index (Phi) is 3.11. The molecule has 0 saturated carbocycles. The van der Waals surface area contributed by atoms with Gasteiger partial charge in [-0.2, -0.15) is 0 Å². The average molecular weight is 263 g/mol. The predicted octanol–water partition coefficient (Wildman–Crippen LogP) is 1.62. The number of rotatable bonds is 3. The van der Waals surface area contributed by atoms with E-state index in [0.717, 1.165) is 0 Å². The number of nitrogens with zero attached hydrogens (tertiary/aromatic N) is 1. The van der Waals surface area contributed by atoms with Gasteiger partial charge in [-0.05, 0) is 24.6 Å². The second kappa shape index (κ2) is 4.47. The van der Waals surface area contributed by atoms with E-state index in [1.54, 1.807) is 12.1 Å². The van der Waals surface area contributed by atoms with Gasteiger partial charge >= 0.3 is 5.97 Å². The molecule has 0 aromatic heterocycles. The van der Waals surface area contributed by atoms with Gasteiger partial charge in [0.15, 0.2) is 0 Å². The molecule has 19 heavy (non-hydrogen) atoms. The first-order chi connectivity index (χ1) is 8.90. The van der Waals surface area contributed by atoms with Gasteiger partial charge in [-0.25, -0.2) is 0 Å². The minimum atomic E-state index is -1.57. The fraction of sp³-hybridized carbons (Fsp3) is 0.308. The predicted molar refractivity (Wildman–Crippen MR) is 67.2 cm³/mol.